The lowest BCUT2D eigenvalue weighted by atomic mass is 10.2. The summed E-state index contributed by atoms with van der Waals surface area (Å²) in [6, 6.07) is 5.52. The molecule has 1 atom stereocenters. The van der Waals surface area contributed by atoms with E-state index in [-0.39, 0.29) is 17.9 Å². The second kappa shape index (κ2) is 6.97. The summed E-state index contributed by atoms with van der Waals surface area (Å²) in [7, 11) is 0. The molecule has 6 heteroatoms. The molecule has 21 heavy (non-hydrogen) atoms. The van der Waals surface area contributed by atoms with E-state index < -0.39 is 0 Å². The Kier molecular flexibility index (Phi) is 5.03. The van der Waals surface area contributed by atoms with E-state index in [9.17, 15) is 4.79 Å². The molecule has 0 saturated carbocycles. The molecule has 0 unspecified atom stereocenters. The van der Waals surface area contributed by atoms with Crippen molar-refractivity contribution >= 4 is 5.91 Å². The van der Waals surface area contributed by atoms with Crippen molar-refractivity contribution in [1.82, 2.24) is 20.4 Å². The molecule has 0 aliphatic carbocycles. The maximum Gasteiger partial charge on any atom is 0.227 e. The Balaban J connectivity index is 1.82. The minimum absolute atomic E-state index is 0.0579. The maximum atomic E-state index is 11.9. The third kappa shape index (κ3) is 4.37. The van der Waals surface area contributed by atoms with E-state index >= 15 is 0 Å². The Morgan fingerprint density at radius 3 is 2.76 bits per heavy atom. The van der Waals surface area contributed by atoms with Crippen LogP contribution in [0.4, 0.5) is 0 Å². The Morgan fingerprint density at radius 2 is 2.14 bits per heavy atom. The van der Waals surface area contributed by atoms with E-state index in [1.54, 1.807) is 6.20 Å². The van der Waals surface area contributed by atoms with Gasteiger partial charge in [-0.15, -0.1) is 0 Å². The van der Waals surface area contributed by atoms with Crippen LogP contribution in [0.15, 0.2) is 28.9 Å². The van der Waals surface area contributed by atoms with Crippen molar-refractivity contribution in [2.45, 2.75) is 45.6 Å². The van der Waals surface area contributed by atoms with Crippen LogP contribution >= 0.6 is 0 Å². The smallest absolute Gasteiger partial charge is 0.227 e. The molecule has 0 aliphatic heterocycles. The van der Waals surface area contributed by atoms with Crippen molar-refractivity contribution < 1.29 is 9.32 Å². The number of rotatable bonds is 6. The van der Waals surface area contributed by atoms with Gasteiger partial charge in [-0.05, 0) is 19.1 Å². The molecule has 112 valence electrons. The predicted octanol–water partition coefficient (Wildman–Crippen LogP) is 2.40. The predicted molar refractivity (Wildman–Crippen MR) is 77.5 cm³/mol. The molecule has 0 radical (unpaired) electrons. The fraction of sp³-hybridized carbons (Fsp3) is 0.467. The number of pyridine rings is 1. The molecule has 1 N–H and O–H groups in total. The largest absolute Gasteiger partial charge is 0.348 e. The van der Waals surface area contributed by atoms with Gasteiger partial charge >= 0.3 is 0 Å². The summed E-state index contributed by atoms with van der Waals surface area (Å²) < 4.78 is 5.11. The van der Waals surface area contributed by atoms with Crippen LogP contribution in [0.3, 0.4) is 0 Å². The molecular formula is C15H20N4O2. The minimum Gasteiger partial charge on any atom is -0.348 e. The summed E-state index contributed by atoms with van der Waals surface area (Å²) in [6.07, 6.45) is 2.47. The van der Waals surface area contributed by atoms with Crippen LogP contribution in [0.1, 0.15) is 56.6 Å². The average molecular weight is 288 g/mol. The highest BCUT2D eigenvalue weighted by Crippen LogP contribution is 2.11. The van der Waals surface area contributed by atoms with Crippen molar-refractivity contribution in [3.63, 3.8) is 0 Å². The van der Waals surface area contributed by atoms with E-state index in [1.165, 1.54) is 0 Å². The molecule has 0 fully saturated rings. The van der Waals surface area contributed by atoms with E-state index in [0.717, 1.165) is 5.69 Å². The average Bonchev–Trinajstić information content (AvgIpc) is 2.95. The standard InChI is InChI=1S/C15H20N4O2/c1-10(2)15-18-14(21-19-15)8-7-13(20)17-11(3)12-6-4-5-9-16-12/h4-6,9-11H,7-8H2,1-3H3,(H,17,20)/t11-/m0/s1. The SMILES string of the molecule is CC(C)c1noc(CCC(=O)N[C@@H](C)c2ccccn2)n1. The highest BCUT2D eigenvalue weighted by atomic mass is 16.5. The van der Waals surface area contributed by atoms with Crippen LogP contribution in [0.5, 0.6) is 0 Å². The lowest BCUT2D eigenvalue weighted by molar-refractivity contribution is -0.121. The Labute approximate surface area is 124 Å². The Morgan fingerprint density at radius 1 is 1.33 bits per heavy atom. The maximum absolute atomic E-state index is 11.9. The van der Waals surface area contributed by atoms with Gasteiger partial charge in [0.15, 0.2) is 5.82 Å². The number of nitrogens with zero attached hydrogens (tertiary/aromatic N) is 3. The lowest BCUT2D eigenvalue weighted by Crippen LogP contribution is -2.27. The van der Waals surface area contributed by atoms with E-state index in [0.29, 0.717) is 24.6 Å². The second-order valence-corrected chi connectivity index (χ2v) is 5.24. The first kappa shape index (κ1) is 15.2. The molecule has 1 amide bonds. The van der Waals surface area contributed by atoms with Crippen LogP contribution < -0.4 is 5.32 Å². The molecule has 0 bridgehead atoms. The monoisotopic (exact) mass is 288 g/mol. The zero-order valence-corrected chi connectivity index (χ0v) is 12.5. The van der Waals surface area contributed by atoms with Crippen LogP contribution in [-0.2, 0) is 11.2 Å². The summed E-state index contributed by atoms with van der Waals surface area (Å²) in [5.74, 6) is 1.34. The normalized spacial score (nSPS) is 12.4. The van der Waals surface area contributed by atoms with Gasteiger partial charge in [0, 0.05) is 25.0 Å². The topological polar surface area (TPSA) is 80.9 Å². The van der Waals surface area contributed by atoms with Gasteiger partial charge in [0.25, 0.3) is 0 Å². The van der Waals surface area contributed by atoms with Gasteiger partial charge in [-0.3, -0.25) is 9.78 Å². The van der Waals surface area contributed by atoms with E-state index in [2.05, 4.69) is 20.4 Å². The third-order valence-electron chi connectivity index (χ3n) is 3.08. The highest BCUT2D eigenvalue weighted by molar-refractivity contribution is 5.76. The van der Waals surface area contributed by atoms with E-state index in [4.69, 9.17) is 4.52 Å². The van der Waals surface area contributed by atoms with Crippen LogP contribution in [0.25, 0.3) is 0 Å². The van der Waals surface area contributed by atoms with E-state index in [1.807, 2.05) is 39.0 Å². The molecule has 0 aliphatic rings. The van der Waals surface area contributed by atoms with Crippen molar-refractivity contribution in [1.29, 1.82) is 0 Å². The van der Waals surface area contributed by atoms with Gasteiger partial charge in [-0.1, -0.05) is 25.1 Å². The van der Waals surface area contributed by atoms with Crippen molar-refractivity contribution in [2.24, 2.45) is 0 Å². The van der Waals surface area contributed by atoms with Gasteiger partial charge in [-0.2, -0.15) is 4.98 Å². The lowest BCUT2D eigenvalue weighted by Gasteiger charge is -2.12. The summed E-state index contributed by atoms with van der Waals surface area (Å²) >= 11 is 0. The fourth-order valence-electron chi connectivity index (χ4n) is 1.84. The number of carbonyl (C=O) groups excluding carboxylic acids is 1. The molecule has 0 aromatic carbocycles. The molecular weight excluding hydrogens is 268 g/mol. The van der Waals surface area contributed by atoms with Crippen LogP contribution in [0.2, 0.25) is 0 Å². The molecule has 2 rings (SSSR count). The minimum atomic E-state index is -0.118. The quantitative estimate of drug-likeness (QED) is 0.882. The molecule has 6 nitrogen and oxygen atoms in total. The first-order chi connectivity index (χ1) is 10.1. The number of nitrogens with one attached hydrogen (secondary N) is 1. The number of hydrogen-bond acceptors (Lipinski definition) is 5. The molecule has 2 heterocycles. The number of carbonyl (C=O) groups is 1. The Bertz CT molecular complexity index is 580. The second-order valence-electron chi connectivity index (χ2n) is 5.24. The number of aromatic nitrogens is 3. The molecule has 2 aromatic heterocycles. The van der Waals surface area contributed by atoms with Gasteiger partial charge in [-0.25, -0.2) is 0 Å². The van der Waals surface area contributed by atoms with Gasteiger partial charge in [0.2, 0.25) is 11.8 Å². The molecule has 2 aromatic rings. The summed E-state index contributed by atoms with van der Waals surface area (Å²) in [4.78, 5) is 20.4. The summed E-state index contributed by atoms with van der Waals surface area (Å²) in [5, 5.41) is 6.78. The first-order valence-corrected chi connectivity index (χ1v) is 7.09. The molecule has 0 saturated heterocycles. The Hall–Kier alpha value is -2.24. The van der Waals surface area contributed by atoms with Gasteiger partial charge in [0.05, 0.1) is 11.7 Å². The highest BCUT2D eigenvalue weighted by Gasteiger charge is 2.13. The molecule has 0 spiro atoms. The van der Waals surface area contributed by atoms with Crippen molar-refractivity contribution in [3.05, 3.63) is 41.8 Å². The van der Waals surface area contributed by atoms with Crippen LogP contribution in [0, 0.1) is 0 Å². The third-order valence-corrected chi connectivity index (χ3v) is 3.08. The first-order valence-electron chi connectivity index (χ1n) is 7.09. The number of aryl methyl sites for hydroxylation is 1. The van der Waals surface area contributed by atoms with Gasteiger partial charge < -0.3 is 9.84 Å². The number of amides is 1. The summed E-state index contributed by atoms with van der Waals surface area (Å²) in [5.41, 5.74) is 0.839. The van der Waals surface area contributed by atoms with Gasteiger partial charge in [0.1, 0.15) is 0 Å². The van der Waals surface area contributed by atoms with Crippen molar-refractivity contribution in [2.75, 3.05) is 0 Å². The summed E-state index contributed by atoms with van der Waals surface area (Å²) in [6.45, 7) is 5.90. The zero-order valence-electron chi connectivity index (χ0n) is 12.5. The van der Waals surface area contributed by atoms with Crippen LogP contribution in [-0.4, -0.2) is 21.0 Å². The zero-order chi connectivity index (χ0) is 15.2. The fourth-order valence-corrected chi connectivity index (χ4v) is 1.84. The number of hydrogen-bond donors (Lipinski definition) is 1. The van der Waals surface area contributed by atoms with Crippen molar-refractivity contribution in [3.8, 4) is 0 Å².